The van der Waals surface area contributed by atoms with Crippen LogP contribution < -0.4 is 4.74 Å². The molecule has 0 bridgehead atoms. The van der Waals surface area contributed by atoms with Gasteiger partial charge in [-0.1, -0.05) is 48.5 Å². The van der Waals surface area contributed by atoms with Gasteiger partial charge in [0, 0.05) is 19.2 Å². The normalized spacial score (nSPS) is 17.7. The van der Waals surface area contributed by atoms with E-state index in [0.29, 0.717) is 19.8 Å². The Kier molecular flexibility index (Phi) is 6.29. The van der Waals surface area contributed by atoms with E-state index >= 15 is 0 Å². The SMILES string of the molecule is COc1ccccc1C[C@H](C)N(Cc1ccccc1)C(=O)[C@H]1CCOC1. The van der Waals surface area contributed by atoms with Crippen molar-refractivity contribution in [3.8, 4) is 5.75 Å². The molecule has 0 unspecified atom stereocenters. The Morgan fingerprint density at radius 2 is 1.92 bits per heavy atom. The second-order valence-electron chi connectivity index (χ2n) is 6.88. The molecular formula is C22H27NO3. The second kappa shape index (κ2) is 8.86. The van der Waals surface area contributed by atoms with Gasteiger partial charge in [-0.05, 0) is 37.0 Å². The Bertz CT molecular complexity index is 710. The molecule has 0 radical (unpaired) electrons. The molecule has 138 valence electrons. The molecule has 0 saturated carbocycles. The summed E-state index contributed by atoms with van der Waals surface area (Å²) in [6, 6.07) is 18.3. The van der Waals surface area contributed by atoms with Gasteiger partial charge in [-0.15, -0.1) is 0 Å². The zero-order chi connectivity index (χ0) is 18.4. The zero-order valence-corrected chi connectivity index (χ0v) is 15.6. The Balaban J connectivity index is 1.80. The lowest BCUT2D eigenvalue weighted by molar-refractivity contribution is -0.138. The molecule has 1 aliphatic rings. The van der Waals surface area contributed by atoms with Crippen molar-refractivity contribution in [2.45, 2.75) is 32.4 Å². The first-order chi connectivity index (χ1) is 12.7. The van der Waals surface area contributed by atoms with E-state index in [0.717, 1.165) is 29.7 Å². The van der Waals surface area contributed by atoms with Crippen LogP contribution in [0.15, 0.2) is 54.6 Å². The molecule has 4 nitrogen and oxygen atoms in total. The highest BCUT2D eigenvalue weighted by Crippen LogP contribution is 2.24. The van der Waals surface area contributed by atoms with E-state index in [4.69, 9.17) is 9.47 Å². The summed E-state index contributed by atoms with van der Waals surface area (Å²) in [5.41, 5.74) is 2.27. The number of hydrogen-bond donors (Lipinski definition) is 0. The average Bonchev–Trinajstić information content (AvgIpc) is 3.21. The third-order valence-corrected chi connectivity index (χ3v) is 5.00. The summed E-state index contributed by atoms with van der Waals surface area (Å²) in [5.74, 6) is 1.03. The Morgan fingerprint density at radius 1 is 1.19 bits per heavy atom. The lowest BCUT2D eigenvalue weighted by Crippen LogP contribution is -2.43. The van der Waals surface area contributed by atoms with Crippen LogP contribution in [-0.4, -0.2) is 37.2 Å². The monoisotopic (exact) mass is 353 g/mol. The Hall–Kier alpha value is -2.33. The number of para-hydroxylation sites is 1. The summed E-state index contributed by atoms with van der Waals surface area (Å²) in [5, 5.41) is 0. The fraction of sp³-hybridized carbons (Fsp3) is 0.409. The standard InChI is InChI=1S/C22H27NO3/c1-17(14-19-10-6-7-11-21(19)25-2)23(15-18-8-4-3-5-9-18)22(24)20-12-13-26-16-20/h3-11,17,20H,12-16H2,1-2H3/t17-,20-/m0/s1. The van der Waals surface area contributed by atoms with Crippen LogP contribution in [0.25, 0.3) is 0 Å². The maximum atomic E-state index is 13.2. The molecule has 0 spiro atoms. The summed E-state index contributed by atoms with van der Waals surface area (Å²) >= 11 is 0. The third kappa shape index (κ3) is 4.44. The molecule has 1 amide bonds. The summed E-state index contributed by atoms with van der Waals surface area (Å²) in [7, 11) is 1.69. The minimum atomic E-state index is -0.0289. The summed E-state index contributed by atoms with van der Waals surface area (Å²) < 4.78 is 10.9. The van der Waals surface area contributed by atoms with Crippen molar-refractivity contribution in [1.82, 2.24) is 4.90 Å². The van der Waals surface area contributed by atoms with Gasteiger partial charge in [0.05, 0.1) is 19.6 Å². The van der Waals surface area contributed by atoms with Gasteiger partial charge in [0.25, 0.3) is 0 Å². The lowest BCUT2D eigenvalue weighted by atomic mass is 10.0. The van der Waals surface area contributed by atoms with Crippen LogP contribution in [0.5, 0.6) is 5.75 Å². The van der Waals surface area contributed by atoms with Gasteiger partial charge in [-0.25, -0.2) is 0 Å². The number of carbonyl (C=O) groups excluding carboxylic acids is 1. The van der Waals surface area contributed by atoms with Crippen LogP contribution in [0.3, 0.4) is 0 Å². The van der Waals surface area contributed by atoms with Crippen LogP contribution >= 0.6 is 0 Å². The largest absolute Gasteiger partial charge is 0.496 e. The van der Waals surface area contributed by atoms with E-state index in [1.54, 1.807) is 7.11 Å². The van der Waals surface area contributed by atoms with E-state index in [2.05, 4.69) is 25.1 Å². The van der Waals surface area contributed by atoms with Gasteiger partial charge in [-0.3, -0.25) is 4.79 Å². The molecular weight excluding hydrogens is 326 g/mol. The number of ether oxygens (including phenoxy) is 2. The van der Waals surface area contributed by atoms with Gasteiger partial charge in [0.1, 0.15) is 5.75 Å². The number of amides is 1. The number of carbonyl (C=O) groups is 1. The highest BCUT2D eigenvalue weighted by atomic mass is 16.5. The van der Waals surface area contributed by atoms with Crippen LogP contribution in [0.1, 0.15) is 24.5 Å². The van der Waals surface area contributed by atoms with Crippen molar-refractivity contribution >= 4 is 5.91 Å². The molecule has 1 heterocycles. The van der Waals surface area contributed by atoms with Crippen molar-refractivity contribution in [3.05, 3.63) is 65.7 Å². The number of benzene rings is 2. The molecule has 1 saturated heterocycles. The van der Waals surface area contributed by atoms with Crippen molar-refractivity contribution in [2.24, 2.45) is 5.92 Å². The minimum absolute atomic E-state index is 0.0289. The second-order valence-corrected chi connectivity index (χ2v) is 6.88. The first-order valence-corrected chi connectivity index (χ1v) is 9.23. The molecule has 0 aliphatic carbocycles. The average molecular weight is 353 g/mol. The van der Waals surface area contributed by atoms with E-state index < -0.39 is 0 Å². The third-order valence-electron chi connectivity index (χ3n) is 5.00. The molecule has 2 atom stereocenters. The molecule has 0 aromatic heterocycles. The summed E-state index contributed by atoms with van der Waals surface area (Å²) in [6.07, 6.45) is 1.57. The number of hydrogen-bond acceptors (Lipinski definition) is 3. The van der Waals surface area contributed by atoms with Crippen molar-refractivity contribution in [1.29, 1.82) is 0 Å². The minimum Gasteiger partial charge on any atom is -0.496 e. The fourth-order valence-corrected chi connectivity index (χ4v) is 3.49. The molecule has 26 heavy (non-hydrogen) atoms. The predicted molar refractivity (Wildman–Crippen MR) is 102 cm³/mol. The first kappa shape index (κ1) is 18.5. The highest BCUT2D eigenvalue weighted by Gasteiger charge is 2.31. The zero-order valence-electron chi connectivity index (χ0n) is 15.6. The van der Waals surface area contributed by atoms with E-state index in [-0.39, 0.29) is 17.9 Å². The fourth-order valence-electron chi connectivity index (χ4n) is 3.49. The highest BCUT2D eigenvalue weighted by molar-refractivity contribution is 5.79. The molecule has 3 rings (SSSR count). The van der Waals surface area contributed by atoms with Crippen molar-refractivity contribution < 1.29 is 14.3 Å². The number of methoxy groups -OCH3 is 1. The van der Waals surface area contributed by atoms with Gasteiger partial charge in [-0.2, -0.15) is 0 Å². The molecule has 0 N–H and O–H groups in total. The molecule has 1 fully saturated rings. The maximum Gasteiger partial charge on any atom is 0.228 e. The van der Waals surface area contributed by atoms with Gasteiger partial charge >= 0.3 is 0 Å². The van der Waals surface area contributed by atoms with Crippen LogP contribution in [0, 0.1) is 5.92 Å². The van der Waals surface area contributed by atoms with Crippen LogP contribution in [-0.2, 0) is 22.5 Å². The van der Waals surface area contributed by atoms with E-state index in [1.807, 2.05) is 41.3 Å². The quantitative estimate of drug-likeness (QED) is 0.762. The number of rotatable bonds is 7. The van der Waals surface area contributed by atoms with Gasteiger partial charge in [0.2, 0.25) is 5.91 Å². The van der Waals surface area contributed by atoms with E-state index in [9.17, 15) is 4.79 Å². The summed E-state index contributed by atoms with van der Waals surface area (Å²) in [4.78, 5) is 15.2. The maximum absolute atomic E-state index is 13.2. The Morgan fingerprint density at radius 3 is 2.62 bits per heavy atom. The molecule has 4 heteroatoms. The van der Waals surface area contributed by atoms with Crippen molar-refractivity contribution in [3.63, 3.8) is 0 Å². The predicted octanol–water partition coefficient (Wildman–Crippen LogP) is 3.69. The van der Waals surface area contributed by atoms with E-state index in [1.165, 1.54) is 0 Å². The first-order valence-electron chi connectivity index (χ1n) is 9.23. The molecule has 2 aromatic carbocycles. The van der Waals surface area contributed by atoms with Crippen LogP contribution in [0.2, 0.25) is 0 Å². The number of nitrogens with zero attached hydrogens (tertiary/aromatic N) is 1. The molecule has 1 aliphatic heterocycles. The topological polar surface area (TPSA) is 38.8 Å². The van der Waals surface area contributed by atoms with Crippen LogP contribution in [0.4, 0.5) is 0 Å². The van der Waals surface area contributed by atoms with Gasteiger partial charge in [0.15, 0.2) is 0 Å². The molecule has 2 aromatic rings. The smallest absolute Gasteiger partial charge is 0.228 e. The Labute approximate surface area is 155 Å². The lowest BCUT2D eigenvalue weighted by Gasteiger charge is -2.32. The van der Waals surface area contributed by atoms with Gasteiger partial charge < -0.3 is 14.4 Å². The van der Waals surface area contributed by atoms with Crippen molar-refractivity contribution in [2.75, 3.05) is 20.3 Å². The summed E-state index contributed by atoms with van der Waals surface area (Å²) in [6.45, 7) is 3.94.